The first-order valence-corrected chi connectivity index (χ1v) is 14.2. The van der Waals surface area contributed by atoms with Crippen molar-refractivity contribution in [3.63, 3.8) is 0 Å². The van der Waals surface area contributed by atoms with E-state index in [-0.39, 0.29) is 17.8 Å². The van der Waals surface area contributed by atoms with Gasteiger partial charge in [-0.1, -0.05) is 6.07 Å². The van der Waals surface area contributed by atoms with E-state index in [9.17, 15) is 10.1 Å². The predicted octanol–water partition coefficient (Wildman–Crippen LogP) is 5.42. The normalized spacial score (nSPS) is 18.7. The summed E-state index contributed by atoms with van der Waals surface area (Å²) in [7, 11) is 1.52. The number of nitrogens with zero attached hydrogens (tertiary/aromatic N) is 5. The van der Waals surface area contributed by atoms with E-state index >= 15 is 0 Å². The molecule has 0 unspecified atom stereocenters. The zero-order chi connectivity index (χ0) is 29.4. The Kier molecular flexibility index (Phi) is 7.53. The van der Waals surface area contributed by atoms with Crippen LogP contribution in [0, 0.1) is 24.0 Å². The van der Waals surface area contributed by atoms with Crippen molar-refractivity contribution in [3.05, 3.63) is 106 Å². The second kappa shape index (κ2) is 11.4. The van der Waals surface area contributed by atoms with Gasteiger partial charge in [0.2, 0.25) is 0 Å². The van der Waals surface area contributed by atoms with Crippen molar-refractivity contribution in [2.75, 3.05) is 43.2 Å². The number of nitro benzene ring substituents is 1. The van der Waals surface area contributed by atoms with Gasteiger partial charge in [-0.2, -0.15) is 0 Å². The van der Waals surface area contributed by atoms with Gasteiger partial charge in [-0.25, -0.2) is 0 Å². The molecule has 0 saturated carbocycles. The summed E-state index contributed by atoms with van der Waals surface area (Å²) in [6, 6.07) is 20.8. The molecule has 42 heavy (non-hydrogen) atoms. The highest BCUT2D eigenvalue weighted by Crippen LogP contribution is 2.44. The van der Waals surface area contributed by atoms with Crippen LogP contribution in [0.25, 0.3) is 5.69 Å². The highest BCUT2D eigenvalue weighted by Gasteiger charge is 2.42. The lowest BCUT2D eigenvalue weighted by Gasteiger charge is -2.31. The molecule has 0 aliphatic carbocycles. The van der Waals surface area contributed by atoms with Crippen LogP contribution >= 0.6 is 12.2 Å². The van der Waals surface area contributed by atoms with E-state index in [0.717, 1.165) is 66.0 Å². The minimum Gasteiger partial charge on any atom is -0.494 e. The molecule has 4 aromatic rings. The molecule has 6 rings (SSSR count). The molecule has 2 atom stereocenters. The van der Waals surface area contributed by atoms with E-state index in [1.807, 2.05) is 25.1 Å². The molecule has 0 radical (unpaired) electrons. The fourth-order valence-corrected chi connectivity index (χ4v) is 6.36. The molecule has 0 amide bonds. The van der Waals surface area contributed by atoms with E-state index in [1.165, 1.54) is 19.2 Å². The summed E-state index contributed by atoms with van der Waals surface area (Å²) in [5.74, 6) is 0.425. The summed E-state index contributed by atoms with van der Waals surface area (Å²) in [4.78, 5) is 20.2. The van der Waals surface area contributed by atoms with Gasteiger partial charge in [-0.05, 0) is 80.2 Å². The minimum absolute atomic E-state index is 0.0226. The number of morpholine rings is 1. The third-order valence-corrected chi connectivity index (χ3v) is 8.32. The highest BCUT2D eigenvalue weighted by atomic mass is 32.1. The summed E-state index contributed by atoms with van der Waals surface area (Å²) >= 11 is 5.96. The Morgan fingerprint density at radius 3 is 2.45 bits per heavy atom. The van der Waals surface area contributed by atoms with Crippen molar-refractivity contribution in [1.29, 1.82) is 0 Å². The molecule has 10 nitrogen and oxygen atoms in total. The van der Waals surface area contributed by atoms with E-state index in [2.05, 4.69) is 61.9 Å². The second-order valence-corrected chi connectivity index (χ2v) is 10.8. The second-order valence-electron chi connectivity index (χ2n) is 10.4. The Hall–Kier alpha value is -4.48. The Bertz CT molecular complexity index is 1620. The lowest BCUT2D eigenvalue weighted by molar-refractivity contribution is -0.384. The summed E-state index contributed by atoms with van der Waals surface area (Å²) < 4.78 is 13.2. The summed E-state index contributed by atoms with van der Waals surface area (Å²) in [6.45, 7) is 7.27. The van der Waals surface area contributed by atoms with Gasteiger partial charge in [0.25, 0.3) is 5.69 Å². The number of thiocarbonyl (C=S) groups is 1. The average molecular weight is 585 g/mol. The van der Waals surface area contributed by atoms with Crippen LogP contribution in [0.5, 0.6) is 5.75 Å². The summed E-state index contributed by atoms with van der Waals surface area (Å²) in [5.41, 5.74) is 6.73. The van der Waals surface area contributed by atoms with Gasteiger partial charge in [0.05, 0.1) is 54.8 Å². The number of hydrogen-bond acceptors (Lipinski definition) is 7. The molecule has 2 aromatic heterocycles. The smallest absolute Gasteiger partial charge is 0.273 e. The summed E-state index contributed by atoms with van der Waals surface area (Å²) in [5, 5.41) is 15.6. The van der Waals surface area contributed by atoms with Crippen LogP contribution in [-0.2, 0) is 4.74 Å². The van der Waals surface area contributed by atoms with Gasteiger partial charge < -0.3 is 29.2 Å². The molecule has 1 N–H and O–H groups in total. The molecular weight excluding hydrogens is 552 g/mol. The molecule has 0 spiro atoms. The number of methoxy groups -OCH3 is 1. The number of nitrogens with one attached hydrogen (secondary N) is 1. The SMILES string of the molecule is COc1cc([N+](=O)[O-])ccc1-n1c(C)cc([C@@H]2[C@H](c3ccccn3)NC(=S)N2c2ccc(N3CCOCC3)cc2)c1C. The maximum absolute atomic E-state index is 11.4. The molecule has 2 saturated heterocycles. The fraction of sp³-hybridized carbons (Fsp3) is 0.290. The predicted molar refractivity (Wildman–Crippen MR) is 166 cm³/mol. The van der Waals surface area contributed by atoms with Crippen LogP contribution in [0.3, 0.4) is 0 Å². The Morgan fingerprint density at radius 1 is 1.05 bits per heavy atom. The van der Waals surface area contributed by atoms with Crippen molar-refractivity contribution in [2.24, 2.45) is 0 Å². The number of pyridine rings is 1. The van der Waals surface area contributed by atoms with Crippen LogP contribution in [0.15, 0.2) is 72.9 Å². The zero-order valence-electron chi connectivity index (χ0n) is 23.7. The van der Waals surface area contributed by atoms with Gasteiger partial charge in [0.15, 0.2) is 5.11 Å². The number of aryl methyl sites for hydroxylation is 1. The van der Waals surface area contributed by atoms with Gasteiger partial charge in [-0.3, -0.25) is 15.1 Å². The molecule has 2 aromatic carbocycles. The highest BCUT2D eigenvalue weighted by molar-refractivity contribution is 7.80. The largest absolute Gasteiger partial charge is 0.494 e. The number of rotatable bonds is 7. The Labute approximate surface area is 249 Å². The number of benzene rings is 2. The Morgan fingerprint density at radius 2 is 1.79 bits per heavy atom. The number of nitro groups is 1. The van der Waals surface area contributed by atoms with Crippen LogP contribution in [0.2, 0.25) is 0 Å². The first-order chi connectivity index (χ1) is 20.4. The van der Waals surface area contributed by atoms with Crippen molar-refractivity contribution < 1.29 is 14.4 Å². The van der Waals surface area contributed by atoms with Gasteiger partial charge in [0, 0.05) is 48.1 Å². The number of aromatic nitrogens is 2. The van der Waals surface area contributed by atoms with E-state index in [4.69, 9.17) is 21.7 Å². The van der Waals surface area contributed by atoms with Crippen LogP contribution < -0.4 is 19.9 Å². The molecule has 2 aliphatic rings. The average Bonchev–Trinajstić information content (AvgIpc) is 3.52. The molecular formula is C31H32N6O4S. The van der Waals surface area contributed by atoms with E-state index in [1.54, 1.807) is 12.3 Å². The third kappa shape index (κ3) is 4.94. The fourth-order valence-electron chi connectivity index (χ4n) is 6.02. The van der Waals surface area contributed by atoms with E-state index in [0.29, 0.717) is 10.9 Å². The first-order valence-electron chi connectivity index (χ1n) is 13.8. The van der Waals surface area contributed by atoms with Crippen molar-refractivity contribution in [2.45, 2.75) is 25.9 Å². The van der Waals surface area contributed by atoms with Crippen LogP contribution in [-0.4, -0.2) is 53.0 Å². The molecule has 11 heteroatoms. The zero-order valence-corrected chi connectivity index (χ0v) is 24.5. The molecule has 0 bridgehead atoms. The van der Waals surface area contributed by atoms with Gasteiger partial charge >= 0.3 is 0 Å². The number of non-ortho nitro benzene ring substituents is 1. The monoisotopic (exact) mass is 584 g/mol. The van der Waals surface area contributed by atoms with Crippen molar-refractivity contribution in [1.82, 2.24) is 14.9 Å². The third-order valence-electron chi connectivity index (χ3n) is 8.01. The topological polar surface area (TPSA) is 97.9 Å². The number of anilines is 2. The standard InChI is InChI=1S/C31H32N6O4S/c1-20-18-25(21(2)35(20)27-12-11-24(37(38)39)19-28(27)40-3)30-29(26-6-4-5-13-32-26)33-31(42)36(30)23-9-7-22(8-10-23)34-14-16-41-17-15-34/h4-13,18-19,29-30H,14-17H2,1-3H3,(H,33,42)/t29-,30+/m0/s1. The van der Waals surface area contributed by atoms with Crippen LogP contribution in [0.1, 0.15) is 34.7 Å². The van der Waals surface area contributed by atoms with Crippen molar-refractivity contribution in [3.8, 4) is 11.4 Å². The number of hydrogen-bond donors (Lipinski definition) is 1. The van der Waals surface area contributed by atoms with Crippen LogP contribution in [0.4, 0.5) is 17.1 Å². The lowest BCUT2D eigenvalue weighted by atomic mass is 9.96. The molecule has 2 fully saturated rings. The quantitative estimate of drug-likeness (QED) is 0.173. The lowest BCUT2D eigenvalue weighted by Crippen LogP contribution is -2.36. The first kappa shape index (κ1) is 27.7. The molecule has 216 valence electrons. The molecule has 4 heterocycles. The summed E-state index contributed by atoms with van der Waals surface area (Å²) in [6.07, 6.45) is 1.79. The Balaban J connectivity index is 1.45. The van der Waals surface area contributed by atoms with Gasteiger partial charge in [-0.15, -0.1) is 0 Å². The maximum Gasteiger partial charge on any atom is 0.273 e. The maximum atomic E-state index is 11.4. The number of ether oxygens (including phenoxy) is 2. The van der Waals surface area contributed by atoms with Gasteiger partial charge in [0.1, 0.15) is 5.75 Å². The van der Waals surface area contributed by atoms with Crippen molar-refractivity contribution >= 4 is 34.4 Å². The van der Waals surface area contributed by atoms with E-state index < -0.39 is 4.92 Å². The minimum atomic E-state index is -0.419. The molecule has 2 aliphatic heterocycles.